The Morgan fingerprint density at radius 1 is 1.30 bits per heavy atom. The molecule has 1 unspecified atom stereocenters. The summed E-state index contributed by atoms with van der Waals surface area (Å²) >= 11 is 0. The Morgan fingerprint density at radius 2 is 2.15 bits per heavy atom. The Labute approximate surface area is 158 Å². The van der Waals surface area contributed by atoms with Crippen LogP contribution in [0.4, 0.5) is 11.5 Å². The van der Waals surface area contributed by atoms with Crippen LogP contribution in [0, 0.1) is 6.92 Å². The van der Waals surface area contributed by atoms with Gasteiger partial charge in [0.25, 0.3) is 5.91 Å². The van der Waals surface area contributed by atoms with E-state index in [2.05, 4.69) is 39.2 Å². The standard InChI is InChI=1S/C20H23N5O2/c1-13-4-6-17-16(22-13)10-18(27-17)20(26)23-19-7-5-14(11-21-19)25-9-8-15(12-25)24(2)3/h4-7,10-11,15H,8-9,12H2,1-3H3,(H,21,23,26). The number of carbonyl (C=O) groups excluding carboxylic acids is 1. The molecule has 1 saturated heterocycles. The number of aromatic nitrogens is 2. The molecule has 0 bridgehead atoms. The van der Waals surface area contributed by atoms with Gasteiger partial charge in [-0.05, 0) is 51.7 Å². The lowest BCUT2D eigenvalue weighted by Gasteiger charge is -2.21. The number of fused-ring (bicyclic) bond motifs is 1. The zero-order valence-corrected chi connectivity index (χ0v) is 15.8. The number of amides is 1. The van der Waals surface area contributed by atoms with E-state index in [0.717, 1.165) is 30.9 Å². The third-order valence-corrected chi connectivity index (χ3v) is 4.98. The van der Waals surface area contributed by atoms with Crippen LogP contribution < -0.4 is 10.2 Å². The number of furan rings is 1. The van der Waals surface area contributed by atoms with Crippen LogP contribution >= 0.6 is 0 Å². The minimum Gasteiger partial charge on any atom is -0.449 e. The molecule has 27 heavy (non-hydrogen) atoms. The molecule has 0 aromatic carbocycles. The number of nitrogens with zero attached hydrogens (tertiary/aromatic N) is 4. The van der Waals surface area contributed by atoms with Gasteiger partial charge in [-0.3, -0.25) is 4.79 Å². The number of hydrogen-bond donors (Lipinski definition) is 1. The Morgan fingerprint density at radius 3 is 2.85 bits per heavy atom. The summed E-state index contributed by atoms with van der Waals surface area (Å²) in [6.07, 6.45) is 2.95. The summed E-state index contributed by atoms with van der Waals surface area (Å²) in [6.45, 7) is 3.91. The first-order chi connectivity index (χ1) is 13.0. The van der Waals surface area contributed by atoms with Gasteiger partial charge in [-0.2, -0.15) is 0 Å². The molecular formula is C20H23N5O2. The summed E-state index contributed by atoms with van der Waals surface area (Å²) in [4.78, 5) is 25.8. The van der Waals surface area contributed by atoms with Crippen molar-refractivity contribution in [2.45, 2.75) is 19.4 Å². The molecule has 0 saturated carbocycles. The summed E-state index contributed by atoms with van der Waals surface area (Å²) in [5, 5.41) is 2.78. The topological polar surface area (TPSA) is 74.5 Å². The minimum absolute atomic E-state index is 0.224. The first-order valence-corrected chi connectivity index (χ1v) is 9.05. The number of hydrogen-bond acceptors (Lipinski definition) is 6. The fourth-order valence-electron chi connectivity index (χ4n) is 3.36. The zero-order valence-electron chi connectivity index (χ0n) is 15.8. The molecule has 3 aromatic heterocycles. The van der Waals surface area contributed by atoms with Crippen molar-refractivity contribution in [2.75, 3.05) is 37.4 Å². The van der Waals surface area contributed by atoms with E-state index in [4.69, 9.17) is 4.42 Å². The van der Waals surface area contributed by atoms with E-state index < -0.39 is 0 Å². The Balaban J connectivity index is 1.44. The summed E-state index contributed by atoms with van der Waals surface area (Å²) in [6, 6.07) is 9.70. The van der Waals surface area contributed by atoms with Crippen LogP contribution in [0.15, 0.2) is 40.9 Å². The van der Waals surface area contributed by atoms with Gasteiger partial charge in [-0.1, -0.05) is 0 Å². The molecule has 7 heteroatoms. The molecule has 1 fully saturated rings. The molecular weight excluding hydrogens is 342 g/mol. The molecule has 1 amide bonds. The Hall–Kier alpha value is -2.93. The second-order valence-electron chi connectivity index (χ2n) is 7.15. The van der Waals surface area contributed by atoms with Gasteiger partial charge in [0.2, 0.25) is 0 Å². The lowest BCUT2D eigenvalue weighted by Crippen LogP contribution is -2.31. The summed E-state index contributed by atoms with van der Waals surface area (Å²) in [7, 11) is 4.22. The van der Waals surface area contributed by atoms with Crippen molar-refractivity contribution in [3.8, 4) is 0 Å². The number of anilines is 2. The summed E-state index contributed by atoms with van der Waals surface area (Å²) < 4.78 is 5.58. The van der Waals surface area contributed by atoms with E-state index in [-0.39, 0.29) is 11.7 Å². The predicted molar refractivity (Wildman–Crippen MR) is 105 cm³/mol. The van der Waals surface area contributed by atoms with Gasteiger partial charge >= 0.3 is 0 Å². The Bertz CT molecular complexity index is 964. The smallest absolute Gasteiger partial charge is 0.292 e. The second kappa shape index (κ2) is 7.00. The highest BCUT2D eigenvalue weighted by Crippen LogP contribution is 2.23. The molecule has 0 spiro atoms. The quantitative estimate of drug-likeness (QED) is 0.766. The fourth-order valence-corrected chi connectivity index (χ4v) is 3.36. The molecule has 4 heterocycles. The molecule has 1 N–H and O–H groups in total. The van der Waals surface area contributed by atoms with Crippen LogP contribution in [-0.4, -0.2) is 54.0 Å². The molecule has 7 nitrogen and oxygen atoms in total. The van der Waals surface area contributed by atoms with Crippen molar-refractivity contribution in [3.63, 3.8) is 0 Å². The van der Waals surface area contributed by atoms with Gasteiger partial charge in [0, 0.05) is 30.9 Å². The molecule has 140 valence electrons. The van der Waals surface area contributed by atoms with E-state index in [1.54, 1.807) is 12.3 Å². The molecule has 3 aromatic rings. The lowest BCUT2D eigenvalue weighted by atomic mass is 10.2. The van der Waals surface area contributed by atoms with Crippen LogP contribution in [0.1, 0.15) is 22.7 Å². The van der Waals surface area contributed by atoms with Crippen molar-refractivity contribution in [1.29, 1.82) is 0 Å². The predicted octanol–water partition coefficient (Wildman–Crippen LogP) is 2.92. The number of rotatable bonds is 4. The van der Waals surface area contributed by atoms with Gasteiger partial charge in [0.05, 0.1) is 11.9 Å². The van der Waals surface area contributed by atoms with Gasteiger partial charge in [-0.25, -0.2) is 9.97 Å². The number of aryl methyl sites for hydroxylation is 1. The van der Waals surface area contributed by atoms with Crippen LogP contribution in [0.2, 0.25) is 0 Å². The molecule has 4 rings (SSSR count). The molecule has 1 aliphatic rings. The third-order valence-electron chi connectivity index (χ3n) is 4.98. The van der Waals surface area contributed by atoms with Crippen LogP contribution in [0.25, 0.3) is 11.1 Å². The van der Waals surface area contributed by atoms with Gasteiger partial charge in [0.1, 0.15) is 11.3 Å². The Kier molecular flexibility index (Phi) is 4.53. The molecule has 0 aliphatic carbocycles. The monoisotopic (exact) mass is 365 g/mol. The maximum atomic E-state index is 12.4. The first kappa shape index (κ1) is 17.5. The van der Waals surface area contributed by atoms with Gasteiger partial charge in [0.15, 0.2) is 11.3 Å². The highest BCUT2D eigenvalue weighted by atomic mass is 16.3. The minimum atomic E-state index is -0.334. The SMILES string of the molecule is Cc1ccc2oc(C(=O)Nc3ccc(N4CCC(N(C)C)C4)cn3)cc2n1. The van der Waals surface area contributed by atoms with Crippen molar-refractivity contribution < 1.29 is 9.21 Å². The van der Waals surface area contributed by atoms with Gasteiger partial charge < -0.3 is 19.5 Å². The normalized spacial score (nSPS) is 17.0. The maximum absolute atomic E-state index is 12.4. The number of pyridine rings is 2. The van der Waals surface area contributed by atoms with Crippen molar-refractivity contribution in [1.82, 2.24) is 14.9 Å². The molecule has 1 aliphatic heterocycles. The average molecular weight is 365 g/mol. The van der Waals surface area contributed by atoms with Crippen molar-refractivity contribution in [2.24, 2.45) is 0 Å². The average Bonchev–Trinajstić information content (AvgIpc) is 3.29. The molecule has 0 radical (unpaired) electrons. The van der Waals surface area contributed by atoms with E-state index >= 15 is 0 Å². The van der Waals surface area contributed by atoms with Crippen LogP contribution in [0.3, 0.4) is 0 Å². The highest BCUT2D eigenvalue weighted by Gasteiger charge is 2.24. The highest BCUT2D eigenvalue weighted by molar-refractivity contribution is 6.03. The molecule has 1 atom stereocenters. The number of carbonyl (C=O) groups is 1. The van der Waals surface area contributed by atoms with Crippen molar-refractivity contribution >= 4 is 28.5 Å². The van der Waals surface area contributed by atoms with Gasteiger partial charge in [-0.15, -0.1) is 0 Å². The van der Waals surface area contributed by atoms with Crippen LogP contribution in [-0.2, 0) is 0 Å². The lowest BCUT2D eigenvalue weighted by molar-refractivity contribution is 0.0998. The van der Waals surface area contributed by atoms with Crippen LogP contribution in [0.5, 0.6) is 0 Å². The van der Waals surface area contributed by atoms with E-state index in [1.807, 2.05) is 31.2 Å². The largest absolute Gasteiger partial charge is 0.449 e. The van der Waals surface area contributed by atoms with E-state index in [0.29, 0.717) is 23.0 Å². The van der Waals surface area contributed by atoms with Crippen molar-refractivity contribution in [3.05, 3.63) is 48.0 Å². The fraction of sp³-hybridized carbons (Fsp3) is 0.350. The second-order valence-corrected chi connectivity index (χ2v) is 7.15. The number of nitrogens with one attached hydrogen (secondary N) is 1. The first-order valence-electron chi connectivity index (χ1n) is 9.05. The number of likely N-dealkylation sites (N-methyl/N-ethyl adjacent to an activating group) is 1. The zero-order chi connectivity index (χ0) is 19.0. The summed E-state index contributed by atoms with van der Waals surface area (Å²) in [5.74, 6) is 0.388. The summed E-state index contributed by atoms with van der Waals surface area (Å²) in [5.41, 5.74) is 3.22. The third kappa shape index (κ3) is 3.64. The van der Waals surface area contributed by atoms with E-state index in [1.165, 1.54) is 0 Å². The van der Waals surface area contributed by atoms with E-state index in [9.17, 15) is 4.79 Å². The maximum Gasteiger partial charge on any atom is 0.292 e.